The molecule has 0 aromatic carbocycles. The lowest BCUT2D eigenvalue weighted by atomic mass is 9.96. The normalized spacial score (nSPS) is 16.6. The fourth-order valence-corrected chi connectivity index (χ4v) is 2.01. The van der Waals surface area contributed by atoms with Gasteiger partial charge >= 0.3 is 0 Å². The van der Waals surface area contributed by atoms with Crippen LogP contribution in [0.3, 0.4) is 0 Å². The van der Waals surface area contributed by atoms with E-state index in [0.29, 0.717) is 25.5 Å². The van der Waals surface area contributed by atoms with Crippen molar-refractivity contribution in [2.45, 2.75) is 45.4 Å². The number of hydrogen-bond acceptors (Lipinski definition) is 3. The Bertz CT molecular complexity index is 230. The van der Waals surface area contributed by atoms with Crippen LogP contribution >= 0.6 is 0 Å². The monoisotopic (exact) mass is 256 g/mol. The summed E-state index contributed by atoms with van der Waals surface area (Å²) in [5.41, 5.74) is 5.54. The lowest BCUT2D eigenvalue weighted by molar-refractivity contribution is -0.121. The summed E-state index contributed by atoms with van der Waals surface area (Å²) < 4.78 is 5.46. The van der Waals surface area contributed by atoms with Crippen LogP contribution < -0.4 is 11.1 Å². The van der Waals surface area contributed by atoms with Crippen molar-refractivity contribution in [1.82, 2.24) is 5.32 Å². The van der Waals surface area contributed by atoms with Crippen LogP contribution in [0.25, 0.3) is 0 Å². The van der Waals surface area contributed by atoms with Gasteiger partial charge in [-0.2, -0.15) is 0 Å². The Labute approximate surface area is 111 Å². The van der Waals surface area contributed by atoms with Crippen molar-refractivity contribution < 1.29 is 9.53 Å². The highest BCUT2D eigenvalue weighted by Crippen LogP contribution is 2.28. The van der Waals surface area contributed by atoms with Gasteiger partial charge in [0.05, 0.1) is 6.61 Å². The number of ether oxygens (including phenoxy) is 1. The Kier molecular flexibility index (Phi) is 8.01. The highest BCUT2D eigenvalue weighted by molar-refractivity contribution is 5.75. The Hall–Kier alpha value is -0.610. The smallest absolute Gasteiger partial charge is 0.220 e. The number of nitrogens with two attached hydrogens (primary N) is 1. The molecule has 18 heavy (non-hydrogen) atoms. The first kappa shape index (κ1) is 15.4. The summed E-state index contributed by atoms with van der Waals surface area (Å²) in [7, 11) is 0. The average Bonchev–Trinajstić information content (AvgIpc) is 3.18. The molecular formula is C14H28N2O2. The first-order chi connectivity index (χ1) is 8.76. The lowest BCUT2D eigenvalue weighted by Crippen LogP contribution is -2.27. The second-order valence-electron chi connectivity index (χ2n) is 5.26. The maximum absolute atomic E-state index is 11.6. The number of nitrogens with one attached hydrogen (secondary N) is 1. The first-order valence-corrected chi connectivity index (χ1v) is 7.30. The summed E-state index contributed by atoms with van der Waals surface area (Å²) in [5, 5.41) is 2.90. The average molecular weight is 256 g/mol. The molecule has 106 valence electrons. The first-order valence-electron chi connectivity index (χ1n) is 7.30. The lowest BCUT2D eigenvalue weighted by Gasteiger charge is -2.13. The molecule has 0 spiro atoms. The van der Waals surface area contributed by atoms with E-state index in [-0.39, 0.29) is 5.91 Å². The van der Waals surface area contributed by atoms with Gasteiger partial charge in [-0.05, 0) is 44.1 Å². The van der Waals surface area contributed by atoms with Gasteiger partial charge in [0.25, 0.3) is 0 Å². The van der Waals surface area contributed by atoms with E-state index in [1.165, 1.54) is 12.8 Å². The number of rotatable bonds is 11. The molecule has 4 heteroatoms. The van der Waals surface area contributed by atoms with Crippen molar-refractivity contribution >= 4 is 5.91 Å². The molecule has 1 amide bonds. The molecule has 0 saturated heterocycles. The van der Waals surface area contributed by atoms with E-state index in [1.54, 1.807) is 0 Å². The molecule has 1 saturated carbocycles. The van der Waals surface area contributed by atoms with E-state index in [2.05, 4.69) is 12.2 Å². The zero-order chi connectivity index (χ0) is 13.2. The van der Waals surface area contributed by atoms with E-state index >= 15 is 0 Å². The van der Waals surface area contributed by atoms with Gasteiger partial charge < -0.3 is 15.8 Å². The molecule has 1 rings (SSSR count). The minimum Gasteiger partial charge on any atom is -0.379 e. The highest BCUT2D eigenvalue weighted by atomic mass is 16.5. The molecule has 1 unspecified atom stereocenters. The molecule has 4 nitrogen and oxygen atoms in total. The van der Waals surface area contributed by atoms with Crippen molar-refractivity contribution in [1.29, 1.82) is 0 Å². The summed E-state index contributed by atoms with van der Waals surface area (Å²) in [6.07, 6.45) is 6.31. The second-order valence-corrected chi connectivity index (χ2v) is 5.26. The van der Waals surface area contributed by atoms with Crippen molar-refractivity contribution in [3.05, 3.63) is 0 Å². The van der Waals surface area contributed by atoms with Gasteiger partial charge in [0.1, 0.15) is 0 Å². The Morgan fingerprint density at radius 1 is 1.44 bits per heavy atom. The zero-order valence-electron chi connectivity index (χ0n) is 11.6. The number of hydrogen-bond donors (Lipinski definition) is 2. The molecule has 1 aliphatic carbocycles. The zero-order valence-corrected chi connectivity index (χ0v) is 11.6. The van der Waals surface area contributed by atoms with Crippen LogP contribution in [-0.4, -0.2) is 32.2 Å². The fraction of sp³-hybridized carbons (Fsp3) is 0.929. The van der Waals surface area contributed by atoms with E-state index in [1.807, 2.05) is 0 Å². The topological polar surface area (TPSA) is 64.4 Å². The predicted octanol–water partition coefficient (Wildman–Crippen LogP) is 1.68. The maximum Gasteiger partial charge on any atom is 0.220 e. The minimum absolute atomic E-state index is 0.139. The van der Waals surface area contributed by atoms with Crippen molar-refractivity contribution in [2.24, 2.45) is 17.6 Å². The molecule has 3 N–H and O–H groups in total. The second kappa shape index (κ2) is 9.34. The van der Waals surface area contributed by atoms with Crippen LogP contribution in [0.2, 0.25) is 0 Å². The summed E-state index contributed by atoms with van der Waals surface area (Å²) in [5.74, 6) is 1.52. The molecule has 1 fully saturated rings. The third-order valence-electron chi connectivity index (χ3n) is 3.55. The molecule has 0 aliphatic heterocycles. The summed E-state index contributed by atoms with van der Waals surface area (Å²) in [4.78, 5) is 11.6. The molecule has 1 aliphatic rings. The number of carbonyl (C=O) groups is 1. The van der Waals surface area contributed by atoms with Gasteiger partial charge in [0.15, 0.2) is 0 Å². The van der Waals surface area contributed by atoms with E-state index in [0.717, 1.165) is 38.3 Å². The van der Waals surface area contributed by atoms with Crippen molar-refractivity contribution in [3.8, 4) is 0 Å². The number of carbonyl (C=O) groups excluding carboxylic acids is 1. The van der Waals surface area contributed by atoms with E-state index in [4.69, 9.17) is 10.5 Å². The van der Waals surface area contributed by atoms with Crippen LogP contribution in [0.5, 0.6) is 0 Å². The van der Waals surface area contributed by atoms with Gasteiger partial charge in [-0.25, -0.2) is 0 Å². The van der Waals surface area contributed by atoms with Gasteiger partial charge in [0, 0.05) is 19.6 Å². The summed E-state index contributed by atoms with van der Waals surface area (Å²) >= 11 is 0. The largest absolute Gasteiger partial charge is 0.379 e. The van der Waals surface area contributed by atoms with Gasteiger partial charge in [-0.1, -0.05) is 13.3 Å². The number of amides is 1. The molecule has 1 atom stereocenters. The Morgan fingerprint density at radius 3 is 2.83 bits per heavy atom. The molecule has 0 aromatic rings. The highest BCUT2D eigenvalue weighted by Gasteiger charge is 2.20. The predicted molar refractivity (Wildman–Crippen MR) is 73.2 cm³/mol. The van der Waals surface area contributed by atoms with Crippen molar-refractivity contribution in [3.63, 3.8) is 0 Å². The van der Waals surface area contributed by atoms with Crippen LogP contribution in [0, 0.1) is 11.8 Å². The molecule has 0 radical (unpaired) electrons. The quantitative estimate of drug-likeness (QED) is 0.553. The van der Waals surface area contributed by atoms with Crippen LogP contribution in [0.1, 0.15) is 45.4 Å². The molecule has 0 aromatic heterocycles. The van der Waals surface area contributed by atoms with Crippen molar-refractivity contribution in [2.75, 3.05) is 26.3 Å². The molecule has 0 heterocycles. The maximum atomic E-state index is 11.6. The third-order valence-corrected chi connectivity index (χ3v) is 3.55. The van der Waals surface area contributed by atoms with Crippen LogP contribution in [-0.2, 0) is 9.53 Å². The van der Waals surface area contributed by atoms with Gasteiger partial charge in [0.2, 0.25) is 5.91 Å². The van der Waals surface area contributed by atoms with E-state index in [9.17, 15) is 4.79 Å². The third kappa shape index (κ3) is 7.67. The summed E-state index contributed by atoms with van der Waals surface area (Å²) in [6, 6.07) is 0. The Morgan fingerprint density at radius 2 is 2.22 bits per heavy atom. The van der Waals surface area contributed by atoms with Gasteiger partial charge in [-0.15, -0.1) is 0 Å². The fourth-order valence-electron chi connectivity index (χ4n) is 2.01. The molecular weight excluding hydrogens is 228 g/mol. The Balaban J connectivity index is 1.91. The summed E-state index contributed by atoms with van der Waals surface area (Å²) in [6.45, 7) is 5.02. The SMILES string of the molecule is CCC(CCN)CCC(=O)NCCOCC1CC1. The standard InChI is InChI=1S/C14H28N2O2/c1-2-12(7-8-15)5-6-14(17)16-9-10-18-11-13-3-4-13/h12-13H,2-11,15H2,1H3,(H,16,17). The molecule has 0 bridgehead atoms. The van der Waals surface area contributed by atoms with Gasteiger partial charge in [-0.3, -0.25) is 4.79 Å². The van der Waals surface area contributed by atoms with Crippen LogP contribution in [0.15, 0.2) is 0 Å². The van der Waals surface area contributed by atoms with Crippen LogP contribution in [0.4, 0.5) is 0 Å². The van der Waals surface area contributed by atoms with E-state index < -0.39 is 0 Å². The minimum atomic E-state index is 0.139.